The lowest BCUT2D eigenvalue weighted by atomic mass is 9.91. The van der Waals surface area contributed by atoms with E-state index in [0.717, 1.165) is 82.9 Å². The Balaban J connectivity index is 0.990. The van der Waals surface area contributed by atoms with Crippen molar-refractivity contribution in [1.29, 1.82) is 0 Å². The first kappa shape index (κ1) is 37.7. The van der Waals surface area contributed by atoms with Crippen LogP contribution in [-0.2, 0) is 0 Å². The summed E-state index contributed by atoms with van der Waals surface area (Å²) in [5.74, 6) is 0.698. The topological polar surface area (TPSA) is 38.7 Å². The number of aromatic nitrogens is 3. The Morgan fingerprint density at radius 1 is 0.242 bits per heavy atom. The number of fused-ring (bicyclic) bond motifs is 9. The second-order valence-electron chi connectivity index (χ2n) is 17.1. The van der Waals surface area contributed by atoms with Crippen molar-refractivity contribution in [3.05, 3.63) is 237 Å². The quantitative estimate of drug-likeness (QED) is 0.157. The Kier molecular flexibility index (Phi) is 8.85. The number of nitrogens with zero attached hydrogens (tertiary/aromatic N) is 3. The summed E-state index contributed by atoms with van der Waals surface area (Å²) in [6, 6.07) is 84.6. The van der Waals surface area contributed by atoms with Gasteiger partial charge in [-0.3, -0.25) is 0 Å². The number of benzene rings is 11. The van der Waals surface area contributed by atoms with E-state index >= 15 is 0 Å². The third kappa shape index (κ3) is 6.32. The van der Waals surface area contributed by atoms with Crippen LogP contribution >= 0.6 is 0 Å². The highest BCUT2D eigenvalue weighted by molar-refractivity contribution is 6.18. The molecule has 0 unspecified atom stereocenters. The maximum atomic E-state index is 5.47. The van der Waals surface area contributed by atoms with Crippen molar-refractivity contribution in [3.8, 4) is 67.4 Å². The molecule has 2 heterocycles. The summed E-state index contributed by atoms with van der Waals surface area (Å²) < 4.78 is 0. The molecule has 0 aliphatic heterocycles. The number of hydrogen-bond acceptors (Lipinski definition) is 3. The highest BCUT2D eigenvalue weighted by atomic mass is 14.9. The molecule has 0 saturated heterocycles. The van der Waals surface area contributed by atoms with Crippen LogP contribution in [0.3, 0.4) is 0 Å². The van der Waals surface area contributed by atoms with E-state index in [0.29, 0.717) is 5.82 Å². The predicted molar refractivity (Wildman–Crippen MR) is 277 cm³/mol. The molecule has 3 heteroatoms. The first-order valence-electron chi connectivity index (χ1n) is 22.5. The van der Waals surface area contributed by atoms with Crippen LogP contribution in [-0.4, -0.2) is 15.0 Å². The zero-order chi connectivity index (χ0) is 43.6. The lowest BCUT2D eigenvalue weighted by molar-refractivity contribution is 1.19. The molecule has 0 bridgehead atoms. The van der Waals surface area contributed by atoms with Crippen LogP contribution in [0.4, 0.5) is 0 Å². The van der Waals surface area contributed by atoms with Crippen LogP contribution in [0.1, 0.15) is 0 Å². The van der Waals surface area contributed by atoms with Crippen LogP contribution in [0.25, 0.3) is 132 Å². The summed E-state index contributed by atoms with van der Waals surface area (Å²) in [6.07, 6.45) is 0. The molecule has 0 saturated carbocycles. The molecule has 0 N–H and O–H groups in total. The average Bonchev–Trinajstić information content (AvgIpc) is 3.40. The minimum Gasteiger partial charge on any atom is -0.247 e. The van der Waals surface area contributed by atoms with Gasteiger partial charge in [0.25, 0.3) is 0 Å². The molecule has 0 atom stereocenters. The number of rotatable bonds is 6. The van der Waals surface area contributed by atoms with Crippen LogP contribution < -0.4 is 0 Å². The number of pyridine rings is 1. The molecular formula is C63H39N3. The normalized spacial score (nSPS) is 11.6. The van der Waals surface area contributed by atoms with Gasteiger partial charge in [0, 0.05) is 38.4 Å². The Labute approximate surface area is 382 Å². The van der Waals surface area contributed by atoms with Crippen molar-refractivity contribution in [2.24, 2.45) is 0 Å². The van der Waals surface area contributed by atoms with Crippen LogP contribution in [0.2, 0.25) is 0 Å². The maximum absolute atomic E-state index is 5.47. The first-order valence-corrected chi connectivity index (χ1v) is 22.5. The molecule has 0 fully saturated rings. The molecule has 0 aliphatic carbocycles. The summed E-state index contributed by atoms with van der Waals surface area (Å²) in [6.45, 7) is 0. The van der Waals surface area contributed by atoms with Crippen LogP contribution in [0, 0.1) is 0 Å². The summed E-state index contributed by atoms with van der Waals surface area (Å²) in [5, 5.41) is 12.9. The molecule has 306 valence electrons. The maximum Gasteiger partial charge on any atom is 0.161 e. The van der Waals surface area contributed by atoms with Gasteiger partial charge in [0.05, 0.1) is 22.6 Å². The molecular weight excluding hydrogens is 799 g/mol. The molecule has 13 rings (SSSR count). The number of hydrogen-bond donors (Lipinski definition) is 0. The smallest absolute Gasteiger partial charge is 0.161 e. The minimum absolute atomic E-state index is 0.698. The highest BCUT2D eigenvalue weighted by Crippen LogP contribution is 2.42. The first-order chi connectivity index (χ1) is 32.7. The zero-order valence-corrected chi connectivity index (χ0v) is 35.9. The molecule has 3 nitrogen and oxygen atoms in total. The SMILES string of the molecule is c1ccc(-c2nc3ccc(-c4ccc(-c5cc(-c6cc7ccccc7c7ccccc67)nc(-c6cc7ccccc7c7ccccc67)n5)cc4)cc3c3c(-c4ccccc4)cccc23)cc1. The Hall–Kier alpha value is -8.79. The molecule has 66 heavy (non-hydrogen) atoms. The molecule has 0 aliphatic rings. The van der Waals surface area contributed by atoms with Gasteiger partial charge in [-0.1, -0.05) is 206 Å². The monoisotopic (exact) mass is 837 g/mol. The van der Waals surface area contributed by atoms with Gasteiger partial charge in [-0.25, -0.2) is 15.0 Å². The Morgan fingerprint density at radius 3 is 1.44 bits per heavy atom. The zero-order valence-electron chi connectivity index (χ0n) is 35.9. The van der Waals surface area contributed by atoms with Crippen molar-refractivity contribution in [1.82, 2.24) is 15.0 Å². The Morgan fingerprint density at radius 2 is 0.758 bits per heavy atom. The van der Waals surface area contributed by atoms with Crippen molar-refractivity contribution in [2.75, 3.05) is 0 Å². The summed E-state index contributed by atoms with van der Waals surface area (Å²) in [7, 11) is 0. The van der Waals surface area contributed by atoms with Gasteiger partial charge in [-0.05, 0) is 95.7 Å². The van der Waals surface area contributed by atoms with Gasteiger partial charge < -0.3 is 0 Å². The lowest BCUT2D eigenvalue weighted by Crippen LogP contribution is -1.98. The van der Waals surface area contributed by atoms with Gasteiger partial charge in [0.1, 0.15) is 0 Å². The summed E-state index contributed by atoms with van der Waals surface area (Å²) in [5.41, 5.74) is 12.5. The van der Waals surface area contributed by atoms with Gasteiger partial charge in [0.15, 0.2) is 5.82 Å². The van der Waals surface area contributed by atoms with Crippen molar-refractivity contribution >= 4 is 64.8 Å². The Bertz CT molecular complexity index is 3890. The third-order valence-corrected chi connectivity index (χ3v) is 13.2. The van der Waals surface area contributed by atoms with Gasteiger partial charge in [0.2, 0.25) is 0 Å². The molecule has 0 radical (unpaired) electrons. The van der Waals surface area contributed by atoms with E-state index in [1.165, 1.54) is 43.4 Å². The summed E-state index contributed by atoms with van der Waals surface area (Å²) in [4.78, 5) is 16.2. The van der Waals surface area contributed by atoms with Crippen molar-refractivity contribution < 1.29 is 0 Å². The molecule has 0 amide bonds. The van der Waals surface area contributed by atoms with Gasteiger partial charge in [-0.15, -0.1) is 0 Å². The van der Waals surface area contributed by atoms with Crippen molar-refractivity contribution in [2.45, 2.75) is 0 Å². The average molecular weight is 838 g/mol. The fourth-order valence-corrected chi connectivity index (χ4v) is 10.1. The van der Waals surface area contributed by atoms with E-state index in [9.17, 15) is 0 Å². The third-order valence-electron chi connectivity index (χ3n) is 13.2. The van der Waals surface area contributed by atoms with E-state index in [-0.39, 0.29) is 0 Å². The molecule has 11 aromatic carbocycles. The highest BCUT2D eigenvalue weighted by Gasteiger charge is 2.19. The predicted octanol–water partition coefficient (Wildman–Crippen LogP) is 16.8. The second-order valence-corrected chi connectivity index (χ2v) is 17.1. The van der Waals surface area contributed by atoms with E-state index in [2.05, 4.69) is 237 Å². The molecule has 2 aromatic heterocycles. The van der Waals surface area contributed by atoms with E-state index in [4.69, 9.17) is 15.0 Å². The van der Waals surface area contributed by atoms with Crippen LogP contribution in [0.5, 0.6) is 0 Å². The summed E-state index contributed by atoms with van der Waals surface area (Å²) >= 11 is 0. The van der Waals surface area contributed by atoms with E-state index in [1.807, 2.05) is 0 Å². The molecule has 13 aromatic rings. The fourth-order valence-electron chi connectivity index (χ4n) is 10.1. The van der Waals surface area contributed by atoms with E-state index in [1.54, 1.807) is 0 Å². The fraction of sp³-hybridized carbons (Fsp3) is 0. The largest absolute Gasteiger partial charge is 0.247 e. The lowest BCUT2D eigenvalue weighted by Gasteiger charge is -2.16. The minimum atomic E-state index is 0.698. The van der Waals surface area contributed by atoms with Gasteiger partial charge in [-0.2, -0.15) is 0 Å². The second kappa shape index (κ2) is 15.5. The van der Waals surface area contributed by atoms with E-state index < -0.39 is 0 Å². The van der Waals surface area contributed by atoms with Crippen molar-refractivity contribution in [3.63, 3.8) is 0 Å². The molecule has 0 spiro atoms. The standard InChI is InChI=1S/C63H39N3/c1-3-16-41(17-4-1)49-28-15-29-54-61(49)57-36-44(34-35-58(57)64-62(54)43-18-5-2-6-19-43)40-30-32-42(33-31-40)59-39-60(55-37-45-20-7-9-22-47(45)50-24-11-13-26-52(50)55)66-63(65-59)56-38-46-21-8-10-23-48(46)51-25-12-14-27-53(51)56/h1-39H. The van der Waals surface area contributed by atoms with Gasteiger partial charge >= 0.3 is 0 Å². The van der Waals surface area contributed by atoms with Crippen LogP contribution in [0.15, 0.2) is 237 Å².